The summed E-state index contributed by atoms with van der Waals surface area (Å²) in [5, 5.41) is 48.2. The van der Waals surface area contributed by atoms with Crippen LogP contribution in [0.4, 0.5) is 0 Å². The van der Waals surface area contributed by atoms with E-state index >= 15 is 14.4 Å². The number of benzene rings is 3. The number of nitrogens with zero attached hydrogens (tertiary/aromatic N) is 1. The van der Waals surface area contributed by atoms with Crippen molar-refractivity contribution in [1.29, 1.82) is 0 Å². The normalized spacial score (nSPS) is 23.2. The number of imidazole rings is 1. The van der Waals surface area contributed by atoms with Gasteiger partial charge in [0.25, 0.3) is 0 Å². The first-order valence-corrected chi connectivity index (χ1v) is 40.4. The van der Waals surface area contributed by atoms with E-state index in [1.165, 1.54) is 59.3 Å². The number of aliphatic hydroxyl groups is 2. The van der Waals surface area contributed by atoms with E-state index < -0.39 is 185 Å². The van der Waals surface area contributed by atoms with E-state index in [0.717, 1.165) is 10.9 Å². The Kier molecular flexibility index (Phi) is 39.1. The zero-order valence-corrected chi connectivity index (χ0v) is 68.9. The minimum Gasteiger partial charge on any atom is -0.508 e. The minimum absolute atomic E-state index is 0.0178. The molecule has 21 N–H and O–H groups in total. The van der Waals surface area contributed by atoms with Gasteiger partial charge in [-0.25, -0.2) is 37.5 Å². The molecule has 118 heavy (non-hydrogen) atoms. The third-order valence-corrected chi connectivity index (χ3v) is 20.8. The van der Waals surface area contributed by atoms with Gasteiger partial charge in [0.2, 0.25) is 52.9 Å². The Hall–Kier alpha value is -10.4. The van der Waals surface area contributed by atoms with Crippen LogP contribution in [0.5, 0.6) is 5.75 Å². The summed E-state index contributed by atoms with van der Waals surface area (Å²) in [6, 6.07) is 8.05. The van der Waals surface area contributed by atoms with Gasteiger partial charge in [-0.3, -0.25) is 67.1 Å². The van der Waals surface area contributed by atoms with Crippen molar-refractivity contribution in [3.05, 3.63) is 132 Å². The van der Waals surface area contributed by atoms with E-state index in [-0.39, 0.29) is 81.8 Å². The Morgan fingerprint density at radius 3 is 1.93 bits per heavy atom. The number of ketones is 7. The molecule has 0 saturated heterocycles. The van der Waals surface area contributed by atoms with E-state index in [4.69, 9.17) is 11.5 Å². The van der Waals surface area contributed by atoms with Crippen molar-refractivity contribution in [1.82, 2.24) is 79.4 Å². The Morgan fingerprint density at radius 2 is 1.29 bits per heavy atom. The summed E-state index contributed by atoms with van der Waals surface area (Å²) < 4.78 is 0. The number of carbonyl (C=O) groups excluding carboxylic acids is 14. The predicted molar refractivity (Wildman–Crippen MR) is 440 cm³/mol. The number of rotatable bonds is 29. The number of allylic oxidation sites excluding steroid dienone is 2. The molecular formula is C84H121N17O17. The number of phenols is 1. The molecule has 34 nitrogen and oxygen atoms in total. The van der Waals surface area contributed by atoms with Crippen LogP contribution in [0, 0.1) is 11.8 Å². The number of para-hydroxylation sites is 1. The number of hydrogen-bond donors (Lipinski definition) is 19. The zero-order chi connectivity index (χ0) is 86.8. The third-order valence-electron chi connectivity index (χ3n) is 20.8. The molecule has 0 saturated carbocycles. The van der Waals surface area contributed by atoms with Crippen LogP contribution in [0.3, 0.4) is 0 Å². The van der Waals surface area contributed by atoms with Crippen molar-refractivity contribution in [2.45, 2.75) is 262 Å². The summed E-state index contributed by atoms with van der Waals surface area (Å²) in [4.78, 5) is 208. The van der Waals surface area contributed by atoms with Gasteiger partial charge in [0.1, 0.15) is 41.5 Å². The number of phenolic OH excluding ortho intramolecular Hbond substituents is 1. The summed E-state index contributed by atoms with van der Waals surface area (Å²) in [6.45, 7) is 12.9. The van der Waals surface area contributed by atoms with Crippen LogP contribution in [-0.4, -0.2) is 203 Å². The Labute approximate surface area is 687 Å². The number of primary amides is 2. The molecule has 13 atom stereocenters. The molecule has 1 aliphatic heterocycles. The van der Waals surface area contributed by atoms with Crippen LogP contribution in [0.2, 0.25) is 0 Å². The Balaban J connectivity index is 1.40. The second kappa shape index (κ2) is 47.8. The molecule has 34 heteroatoms. The van der Waals surface area contributed by atoms with Gasteiger partial charge < -0.3 is 68.7 Å². The third kappa shape index (κ3) is 31.5. The standard InChI is InChI=1S/C84H121N17O17/c1-49(2)36-65(91-53(7)104)79(115)95-75(52(6)103)77(113)76(112)64(38-54-24-18-17-19-25-54)98-100-83(8)34-22-15-13-11-10-12-14-16-23-35-84(9,82(118)94-68(47-102)78(86)114)101-99-66(37-50(3)4)80(116)92-61(32-33-74(85)111)72(109)46-88-51(5)69(106)42-70(107)63(40-56-44-89-60-27-21-20-26-59(56)60)96-97-67(39-55-28-30-58(105)31-29-55)81(117)93-62(71(108)43-73(83)110)41-57-45-87-48-90-57/h12,14,17-21,24-31,44-45,48-52,61-68,75,88-89,96-103,105H,10-11,13,15-16,22-23,32-43,46-47H2,1-9H3,(H2,85,111)(H2,86,114)(H,87,90)(H,91,104)(H,92,116)(H,93,117)(H,94,118)(H,95,115)/b14-12+/t51-,52+,61-,62-,63-,64-,65-,66-,67-,68-,75-,83+,84-/m0/s1. The molecular weight excluding hydrogens is 1520 g/mol. The van der Waals surface area contributed by atoms with E-state index in [1.807, 2.05) is 58.0 Å². The van der Waals surface area contributed by atoms with E-state index in [1.54, 1.807) is 54.7 Å². The molecule has 0 bridgehead atoms. The van der Waals surface area contributed by atoms with Crippen molar-refractivity contribution in [2.24, 2.45) is 23.3 Å². The average molecular weight is 1640 g/mol. The molecule has 0 radical (unpaired) electrons. The number of carbonyl (C=O) groups is 14. The summed E-state index contributed by atoms with van der Waals surface area (Å²) in [5.74, 6) is -11.6. The Morgan fingerprint density at radius 1 is 0.636 bits per heavy atom. The van der Waals surface area contributed by atoms with Gasteiger partial charge >= 0.3 is 0 Å². The number of nitrogens with two attached hydrogens (primary N) is 2. The fourth-order valence-corrected chi connectivity index (χ4v) is 13.6. The fourth-order valence-electron chi connectivity index (χ4n) is 13.6. The van der Waals surface area contributed by atoms with E-state index in [2.05, 4.69) is 79.4 Å². The fraction of sp³-hybridized carbons (Fsp3) is 0.536. The van der Waals surface area contributed by atoms with Gasteiger partial charge in [-0.2, -0.15) is 0 Å². The number of aromatic nitrogens is 3. The van der Waals surface area contributed by atoms with Crippen LogP contribution in [0.1, 0.15) is 181 Å². The maximum Gasteiger partial charge on any atom is 0.243 e. The first kappa shape index (κ1) is 96.4. The predicted octanol–water partition coefficient (Wildman–Crippen LogP) is 1.62. The second-order valence-corrected chi connectivity index (χ2v) is 31.9. The summed E-state index contributed by atoms with van der Waals surface area (Å²) >= 11 is 0. The maximum absolute atomic E-state index is 15.5. The molecule has 3 aromatic carbocycles. The lowest BCUT2D eigenvalue weighted by Gasteiger charge is -2.33. The zero-order valence-electron chi connectivity index (χ0n) is 68.9. The molecule has 7 amide bonds. The van der Waals surface area contributed by atoms with Gasteiger partial charge in [-0.15, -0.1) is 0 Å². The van der Waals surface area contributed by atoms with Gasteiger partial charge in [0.05, 0.1) is 74.2 Å². The molecule has 1 aliphatic rings. The van der Waals surface area contributed by atoms with Gasteiger partial charge in [-0.05, 0) is 151 Å². The van der Waals surface area contributed by atoms with Gasteiger partial charge in [0.15, 0.2) is 28.9 Å². The molecule has 2 aromatic heterocycles. The van der Waals surface area contributed by atoms with Crippen LogP contribution < -0.4 is 75.9 Å². The highest BCUT2D eigenvalue weighted by Gasteiger charge is 2.42. The number of aromatic amines is 2. The average Bonchev–Trinajstić information content (AvgIpc) is 1.40. The smallest absolute Gasteiger partial charge is 0.243 e. The number of fused-ring (bicyclic) bond motifs is 1. The second-order valence-electron chi connectivity index (χ2n) is 31.9. The molecule has 0 aliphatic carbocycles. The first-order chi connectivity index (χ1) is 56.0. The lowest BCUT2D eigenvalue weighted by atomic mass is 9.86. The Bertz CT molecular complexity index is 4230. The quantitative estimate of drug-likeness (QED) is 0.0140. The molecule has 0 fully saturated rings. The number of amides is 7. The number of Topliss-reactive ketones (excluding diaryl/α,β-unsaturated/α-hetero) is 7. The van der Waals surface area contributed by atoms with Crippen molar-refractivity contribution in [2.75, 3.05) is 13.2 Å². The molecule has 644 valence electrons. The van der Waals surface area contributed by atoms with Crippen LogP contribution in [-0.2, 0) is 92.8 Å². The van der Waals surface area contributed by atoms with E-state index in [0.29, 0.717) is 67.3 Å². The number of aromatic hydroxyl groups is 1. The SMILES string of the molecule is CC(=O)N[C@@H](CC(C)C)C(=O)N[C@H](C(=O)C(=O)[C@H](Cc1ccccc1)NN[C@]1(C)CCCCCC/C=C/CCC[C@@](C)(C(=O)N[C@@H](CO)C(N)=O)NN[C@@H](CC(C)C)C(=O)N[C@@H](CCC(N)=O)C(=O)CN[C@@H](C)C(=O)CC(=O)[C@H](Cc2c[nH]c3ccccc23)NN[C@@H](Cc2ccc(O)cc2)C(=O)N[C@@H](Cc2cnc[nH]2)C(=O)CC1=O)[C@@H](C)O. The largest absolute Gasteiger partial charge is 0.508 e. The summed E-state index contributed by atoms with van der Waals surface area (Å²) in [7, 11) is 0. The molecule has 0 unspecified atom stereocenters. The van der Waals surface area contributed by atoms with E-state index in [9.17, 15) is 68.1 Å². The minimum atomic E-state index is -1.80. The van der Waals surface area contributed by atoms with Crippen LogP contribution in [0.25, 0.3) is 10.9 Å². The summed E-state index contributed by atoms with van der Waals surface area (Å²) in [6.07, 6.45) is 7.88. The molecule has 0 spiro atoms. The molecule has 5 aromatic rings. The van der Waals surface area contributed by atoms with Crippen molar-refractivity contribution < 1.29 is 82.4 Å². The monoisotopic (exact) mass is 1640 g/mol. The molecule has 3 heterocycles. The van der Waals surface area contributed by atoms with Crippen molar-refractivity contribution in [3.63, 3.8) is 0 Å². The first-order valence-electron chi connectivity index (χ1n) is 40.4. The number of nitrogens with one attached hydrogen (secondary N) is 14. The number of hydrogen-bond acceptors (Lipinski definition) is 25. The van der Waals surface area contributed by atoms with Gasteiger partial charge in [-0.1, -0.05) is 120 Å². The number of H-pyrrole nitrogens is 2. The highest BCUT2D eigenvalue weighted by molar-refractivity contribution is 6.41. The maximum atomic E-state index is 15.5. The van der Waals surface area contributed by atoms with Crippen LogP contribution >= 0.6 is 0 Å². The molecule has 6 rings (SSSR count). The van der Waals surface area contributed by atoms with Gasteiger partial charge in [0, 0.05) is 48.8 Å². The lowest BCUT2D eigenvalue weighted by molar-refractivity contribution is -0.142. The number of hydrazine groups is 3. The topological polar surface area (TPSA) is 541 Å². The summed E-state index contributed by atoms with van der Waals surface area (Å²) in [5.41, 5.74) is 28.6. The highest BCUT2D eigenvalue weighted by Crippen LogP contribution is 2.24. The highest BCUT2D eigenvalue weighted by atomic mass is 16.3. The van der Waals surface area contributed by atoms with Crippen molar-refractivity contribution >= 4 is 92.7 Å². The van der Waals surface area contributed by atoms with Crippen molar-refractivity contribution in [3.8, 4) is 5.75 Å². The van der Waals surface area contributed by atoms with Crippen LogP contribution in [0.15, 0.2) is 110 Å². The number of aliphatic hydroxyl groups excluding tert-OH is 2. The lowest BCUT2D eigenvalue weighted by Crippen LogP contribution is -2.65.